The number of hydrogen-bond acceptors (Lipinski definition) is 2. The standard InChI is InChI=1S/C8H11NO3/c10-6(11)5-4-9-7(12)8(5)2-1-3-8/h5H,1-4H2,(H,9,12)(H,10,11). The summed E-state index contributed by atoms with van der Waals surface area (Å²) < 4.78 is 0. The third-order valence-electron chi connectivity index (χ3n) is 3.13. The fourth-order valence-corrected chi connectivity index (χ4v) is 2.18. The molecule has 1 unspecified atom stereocenters. The molecule has 1 heterocycles. The van der Waals surface area contributed by atoms with Gasteiger partial charge in [0.1, 0.15) is 0 Å². The third kappa shape index (κ3) is 0.722. The zero-order chi connectivity index (χ0) is 8.77. The second-order valence-electron chi connectivity index (χ2n) is 3.61. The van der Waals surface area contributed by atoms with Crippen molar-refractivity contribution in [1.29, 1.82) is 0 Å². The molecule has 0 aromatic heterocycles. The van der Waals surface area contributed by atoms with Gasteiger partial charge in [-0.25, -0.2) is 0 Å². The minimum absolute atomic E-state index is 0.0545. The molecule has 0 radical (unpaired) electrons. The van der Waals surface area contributed by atoms with Crippen LogP contribution < -0.4 is 5.32 Å². The molecule has 0 aromatic carbocycles. The predicted octanol–water partition coefficient (Wildman–Crippen LogP) is -0.0127. The molecule has 1 saturated heterocycles. The number of rotatable bonds is 1. The van der Waals surface area contributed by atoms with Gasteiger partial charge in [0.15, 0.2) is 0 Å². The van der Waals surface area contributed by atoms with Crippen LogP contribution in [0.4, 0.5) is 0 Å². The summed E-state index contributed by atoms with van der Waals surface area (Å²) in [4.78, 5) is 22.1. The van der Waals surface area contributed by atoms with Crippen LogP contribution in [0.2, 0.25) is 0 Å². The molecule has 0 bridgehead atoms. The lowest BCUT2D eigenvalue weighted by Gasteiger charge is -2.38. The summed E-state index contributed by atoms with van der Waals surface area (Å²) in [6.07, 6.45) is 2.47. The lowest BCUT2D eigenvalue weighted by Crippen LogP contribution is -2.43. The van der Waals surface area contributed by atoms with E-state index in [1.807, 2.05) is 0 Å². The number of carboxylic acids is 1. The molecule has 2 N–H and O–H groups in total. The summed E-state index contributed by atoms with van der Waals surface area (Å²) in [6, 6.07) is 0. The van der Waals surface area contributed by atoms with Crippen molar-refractivity contribution in [2.75, 3.05) is 6.54 Å². The molecule has 1 atom stereocenters. The smallest absolute Gasteiger partial charge is 0.309 e. The van der Waals surface area contributed by atoms with Crippen LogP contribution in [0.25, 0.3) is 0 Å². The minimum Gasteiger partial charge on any atom is -0.481 e. The molecular formula is C8H11NO3. The van der Waals surface area contributed by atoms with Crippen molar-refractivity contribution in [3.05, 3.63) is 0 Å². The number of aliphatic carboxylic acids is 1. The van der Waals surface area contributed by atoms with Gasteiger partial charge in [-0.05, 0) is 12.8 Å². The van der Waals surface area contributed by atoms with Crippen molar-refractivity contribution < 1.29 is 14.7 Å². The van der Waals surface area contributed by atoms with Gasteiger partial charge in [0.2, 0.25) is 5.91 Å². The van der Waals surface area contributed by atoms with E-state index in [1.165, 1.54) is 0 Å². The van der Waals surface area contributed by atoms with Gasteiger partial charge in [0.25, 0.3) is 0 Å². The lowest BCUT2D eigenvalue weighted by molar-refractivity contribution is -0.152. The Morgan fingerprint density at radius 3 is 2.58 bits per heavy atom. The molecule has 2 rings (SSSR count). The molecule has 4 nitrogen and oxygen atoms in total. The van der Waals surface area contributed by atoms with Gasteiger partial charge in [-0.15, -0.1) is 0 Å². The monoisotopic (exact) mass is 169 g/mol. The maximum Gasteiger partial charge on any atom is 0.309 e. The highest BCUT2D eigenvalue weighted by Gasteiger charge is 2.56. The first kappa shape index (κ1) is 7.58. The average Bonchev–Trinajstić information content (AvgIpc) is 2.24. The number of carbonyl (C=O) groups is 2. The summed E-state index contributed by atoms with van der Waals surface area (Å²) in [5.41, 5.74) is -0.536. The summed E-state index contributed by atoms with van der Waals surface area (Å²) in [6.45, 7) is 0.314. The Morgan fingerprint density at radius 1 is 1.58 bits per heavy atom. The van der Waals surface area contributed by atoms with E-state index in [0.29, 0.717) is 6.54 Å². The maximum atomic E-state index is 11.3. The molecule has 2 fully saturated rings. The van der Waals surface area contributed by atoms with Crippen molar-refractivity contribution in [1.82, 2.24) is 5.32 Å². The van der Waals surface area contributed by atoms with Crippen molar-refractivity contribution in [2.24, 2.45) is 11.3 Å². The van der Waals surface area contributed by atoms with Crippen LogP contribution in [0, 0.1) is 11.3 Å². The minimum atomic E-state index is -0.840. The lowest BCUT2D eigenvalue weighted by atomic mass is 9.62. The highest BCUT2D eigenvalue weighted by Crippen LogP contribution is 2.49. The number of hydrogen-bond donors (Lipinski definition) is 2. The fourth-order valence-electron chi connectivity index (χ4n) is 2.18. The predicted molar refractivity (Wildman–Crippen MR) is 40.4 cm³/mol. The van der Waals surface area contributed by atoms with E-state index in [2.05, 4.69) is 5.32 Å². The van der Waals surface area contributed by atoms with E-state index in [4.69, 9.17) is 5.11 Å². The molecule has 0 aromatic rings. The first-order valence-corrected chi connectivity index (χ1v) is 4.18. The van der Waals surface area contributed by atoms with E-state index in [-0.39, 0.29) is 5.91 Å². The molecule has 2 aliphatic rings. The normalized spacial score (nSPS) is 31.3. The molecule has 66 valence electrons. The largest absolute Gasteiger partial charge is 0.481 e. The van der Waals surface area contributed by atoms with Crippen LogP contribution in [-0.2, 0) is 9.59 Å². The SMILES string of the molecule is O=C(O)C1CNC(=O)C12CCC2. The van der Waals surface area contributed by atoms with Gasteiger partial charge in [-0.2, -0.15) is 0 Å². The van der Waals surface area contributed by atoms with Gasteiger partial charge >= 0.3 is 5.97 Å². The van der Waals surface area contributed by atoms with Crippen LogP contribution in [0.3, 0.4) is 0 Å². The van der Waals surface area contributed by atoms with E-state index >= 15 is 0 Å². The third-order valence-corrected chi connectivity index (χ3v) is 3.13. The molecule has 1 aliphatic heterocycles. The van der Waals surface area contributed by atoms with Crippen LogP contribution in [0.1, 0.15) is 19.3 Å². The molecular weight excluding hydrogens is 158 g/mol. The summed E-state index contributed by atoms with van der Waals surface area (Å²) in [5.74, 6) is -1.38. The van der Waals surface area contributed by atoms with Gasteiger partial charge < -0.3 is 10.4 Å². The van der Waals surface area contributed by atoms with Crippen LogP contribution in [0.15, 0.2) is 0 Å². The Balaban J connectivity index is 2.26. The first-order chi connectivity index (χ1) is 5.67. The zero-order valence-electron chi connectivity index (χ0n) is 6.67. The van der Waals surface area contributed by atoms with E-state index < -0.39 is 17.3 Å². The Kier molecular flexibility index (Phi) is 1.40. The van der Waals surface area contributed by atoms with Crippen molar-refractivity contribution in [3.63, 3.8) is 0 Å². The van der Waals surface area contributed by atoms with Crippen LogP contribution in [0.5, 0.6) is 0 Å². The number of carbonyl (C=O) groups excluding carboxylic acids is 1. The fraction of sp³-hybridized carbons (Fsp3) is 0.750. The second-order valence-corrected chi connectivity index (χ2v) is 3.61. The molecule has 4 heteroatoms. The quantitative estimate of drug-likeness (QED) is 0.580. The maximum absolute atomic E-state index is 11.3. The highest BCUT2D eigenvalue weighted by atomic mass is 16.4. The first-order valence-electron chi connectivity index (χ1n) is 4.18. The van der Waals surface area contributed by atoms with Gasteiger partial charge in [0.05, 0.1) is 11.3 Å². The number of carboxylic acid groups (broad SMARTS) is 1. The van der Waals surface area contributed by atoms with Crippen molar-refractivity contribution >= 4 is 11.9 Å². The van der Waals surface area contributed by atoms with Crippen LogP contribution in [-0.4, -0.2) is 23.5 Å². The summed E-state index contributed by atoms with van der Waals surface area (Å²) >= 11 is 0. The number of nitrogens with one attached hydrogen (secondary N) is 1. The van der Waals surface area contributed by atoms with E-state index in [1.54, 1.807) is 0 Å². The van der Waals surface area contributed by atoms with Crippen molar-refractivity contribution in [2.45, 2.75) is 19.3 Å². The topological polar surface area (TPSA) is 66.4 Å². The molecule has 12 heavy (non-hydrogen) atoms. The molecule has 1 spiro atoms. The Hall–Kier alpha value is -1.06. The average molecular weight is 169 g/mol. The van der Waals surface area contributed by atoms with Gasteiger partial charge in [-0.1, -0.05) is 6.42 Å². The summed E-state index contributed by atoms with van der Waals surface area (Å²) in [7, 11) is 0. The van der Waals surface area contributed by atoms with Crippen LogP contribution >= 0.6 is 0 Å². The molecule has 1 aliphatic carbocycles. The highest BCUT2D eigenvalue weighted by molar-refractivity contribution is 5.92. The Bertz CT molecular complexity index is 245. The van der Waals surface area contributed by atoms with Gasteiger partial charge in [0, 0.05) is 6.54 Å². The van der Waals surface area contributed by atoms with E-state index in [9.17, 15) is 9.59 Å². The number of amides is 1. The Morgan fingerprint density at radius 2 is 2.25 bits per heavy atom. The summed E-state index contributed by atoms with van der Waals surface area (Å²) in [5, 5.41) is 11.5. The zero-order valence-corrected chi connectivity index (χ0v) is 6.67. The molecule has 1 saturated carbocycles. The Labute approximate surface area is 69.9 Å². The van der Waals surface area contributed by atoms with E-state index in [0.717, 1.165) is 19.3 Å². The second kappa shape index (κ2) is 2.21. The van der Waals surface area contributed by atoms with Crippen molar-refractivity contribution in [3.8, 4) is 0 Å². The van der Waals surface area contributed by atoms with Gasteiger partial charge in [-0.3, -0.25) is 9.59 Å². The molecule has 1 amide bonds.